The predicted octanol–water partition coefficient (Wildman–Crippen LogP) is 4.83. The molecule has 0 saturated carbocycles. The molecule has 0 amide bonds. The summed E-state index contributed by atoms with van der Waals surface area (Å²) in [5.74, 6) is 0. The van der Waals surface area contributed by atoms with Gasteiger partial charge < -0.3 is 10.5 Å². The lowest BCUT2D eigenvalue weighted by Crippen LogP contribution is -2.17. The average molecular weight is 328 g/mol. The molecule has 2 N–H and O–H groups in total. The van der Waals surface area contributed by atoms with E-state index in [2.05, 4.69) is 28.9 Å². The minimum atomic E-state index is 0.00576. The summed E-state index contributed by atoms with van der Waals surface area (Å²) >= 11 is 3.55. The zero-order chi connectivity index (χ0) is 13.9. The van der Waals surface area contributed by atoms with Crippen LogP contribution in [-0.4, -0.2) is 13.2 Å². The molecule has 0 heterocycles. The van der Waals surface area contributed by atoms with Crippen LogP contribution in [0.5, 0.6) is 0 Å². The van der Waals surface area contributed by atoms with Gasteiger partial charge in [0, 0.05) is 17.6 Å². The minimum absolute atomic E-state index is 0.00576. The van der Waals surface area contributed by atoms with Crippen molar-refractivity contribution < 1.29 is 4.74 Å². The van der Waals surface area contributed by atoms with E-state index in [0.29, 0.717) is 6.54 Å². The third kappa shape index (κ3) is 6.55. The molecule has 0 spiro atoms. The molecule has 1 unspecified atom stereocenters. The highest BCUT2D eigenvalue weighted by Gasteiger charge is 2.12. The van der Waals surface area contributed by atoms with Crippen molar-refractivity contribution in [3.8, 4) is 0 Å². The molecule has 0 radical (unpaired) electrons. The molecule has 1 aromatic carbocycles. The van der Waals surface area contributed by atoms with Gasteiger partial charge in [0.25, 0.3) is 0 Å². The summed E-state index contributed by atoms with van der Waals surface area (Å²) in [6.45, 7) is 3.57. The maximum Gasteiger partial charge on any atom is 0.0957 e. The molecule has 108 valence electrons. The number of hydrogen-bond acceptors (Lipinski definition) is 2. The Morgan fingerprint density at radius 2 is 1.79 bits per heavy atom. The second-order valence-corrected chi connectivity index (χ2v) is 5.74. The van der Waals surface area contributed by atoms with Gasteiger partial charge in [-0.2, -0.15) is 0 Å². The van der Waals surface area contributed by atoms with Crippen LogP contribution in [0, 0.1) is 0 Å². The topological polar surface area (TPSA) is 35.2 Å². The molecule has 0 bridgehead atoms. The third-order valence-electron chi connectivity index (χ3n) is 3.28. The van der Waals surface area contributed by atoms with Crippen LogP contribution >= 0.6 is 15.9 Å². The molecule has 0 aliphatic carbocycles. The second kappa shape index (κ2) is 10.4. The summed E-state index contributed by atoms with van der Waals surface area (Å²) in [4.78, 5) is 0. The molecule has 3 heteroatoms. The third-order valence-corrected chi connectivity index (χ3v) is 4.01. The number of halogens is 1. The van der Waals surface area contributed by atoms with Crippen LogP contribution in [-0.2, 0) is 4.74 Å². The van der Waals surface area contributed by atoms with Gasteiger partial charge in [-0.1, -0.05) is 73.2 Å². The quantitative estimate of drug-likeness (QED) is 0.625. The van der Waals surface area contributed by atoms with Crippen molar-refractivity contribution in [3.63, 3.8) is 0 Å². The van der Waals surface area contributed by atoms with Gasteiger partial charge in [0.2, 0.25) is 0 Å². The first kappa shape index (κ1) is 16.7. The maximum absolute atomic E-state index is 5.91. The van der Waals surface area contributed by atoms with Crippen molar-refractivity contribution in [2.75, 3.05) is 13.2 Å². The zero-order valence-corrected chi connectivity index (χ0v) is 13.5. The van der Waals surface area contributed by atoms with Crippen LogP contribution in [0.25, 0.3) is 0 Å². The van der Waals surface area contributed by atoms with Crippen LogP contribution in [0.1, 0.15) is 57.1 Å². The minimum Gasteiger partial charge on any atom is -0.372 e. The molecule has 19 heavy (non-hydrogen) atoms. The SMILES string of the molecule is CCCCCCCCOC(CN)c1ccccc1Br. The van der Waals surface area contributed by atoms with Gasteiger partial charge >= 0.3 is 0 Å². The highest BCUT2D eigenvalue weighted by atomic mass is 79.9. The van der Waals surface area contributed by atoms with Crippen LogP contribution in [0.2, 0.25) is 0 Å². The second-order valence-electron chi connectivity index (χ2n) is 4.88. The van der Waals surface area contributed by atoms with E-state index in [0.717, 1.165) is 23.1 Å². The van der Waals surface area contributed by atoms with Crippen molar-refractivity contribution >= 4 is 15.9 Å². The largest absolute Gasteiger partial charge is 0.372 e. The fourth-order valence-corrected chi connectivity index (χ4v) is 2.67. The smallest absolute Gasteiger partial charge is 0.0957 e. The Morgan fingerprint density at radius 3 is 2.47 bits per heavy atom. The number of benzene rings is 1. The first-order chi connectivity index (χ1) is 9.29. The van der Waals surface area contributed by atoms with Crippen molar-refractivity contribution in [1.82, 2.24) is 0 Å². The lowest BCUT2D eigenvalue weighted by atomic mass is 10.1. The maximum atomic E-state index is 5.91. The lowest BCUT2D eigenvalue weighted by Gasteiger charge is -2.17. The summed E-state index contributed by atoms with van der Waals surface area (Å²) in [5.41, 5.74) is 6.96. The molecule has 1 aromatic rings. The Bertz CT molecular complexity index is 343. The van der Waals surface area contributed by atoms with E-state index in [9.17, 15) is 0 Å². The molecule has 0 fully saturated rings. The van der Waals surface area contributed by atoms with Crippen molar-refractivity contribution in [2.24, 2.45) is 5.73 Å². The number of rotatable bonds is 10. The van der Waals surface area contributed by atoms with Gasteiger partial charge in [-0.05, 0) is 18.1 Å². The monoisotopic (exact) mass is 327 g/mol. The lowest BCUT2D eigenvalue weighted by molar-refractivity contribution is 0.0553. The van der Waals surface area contributed by atoms with E-state index in [1.54, 1.807) is 0 Å². The standard InChI is InChI=1S/C16H26BrNO/c1-2-3-4-5-6-9-12-19-16(13-18)14-10-7-8-11-15(14)17/h7-8,10-11,16H,2-6,9,12-13,18H2,1H3. The van der Waals surface area contributed by atoms with Gasteiger partial charge in [-0.3, -0.25) is 0 Å². The molecule has 1 rings (SSSR count). The average Bonchev–Trinajstić information content (AvgIpc) is 2.43. The Kier molecular flexibility index (Phi) is 9.14. The molecule has 1 atom stereocenters. The molecule has 0 saturated heterocycles. The van der Waals surface area contributed by atoms with Crippen LogP contribution in [0.15, 0.2) is 28.7 Å². The summed E-state index contributed by atoms with van der Waals surface area (Å²) in [6.07, 6.45) is 7.71. The summed E-state index contributed by atoms with van der Waals surface area (Å²) in [6, 6.07) is 8.14. The molecule has 0 aromatic heterocycles. The van der Waals surface area contributed by atoms with Gasteiger partial charge in [-0.15, -0.1) is 0 Å². The van der Waals surface area contributed by atoms with Gasteiger partial charge in [-0.25, -0.2) is 0 Å². The van der Waals surface area contributed by atoms with Gasteiger partial charge in [0.1, 0.15) is 0 Å². The molecule has 0 aliphatic heterocycles. The summed E-state index contributed by atoms with van der Waals surface area (Å²) in [7, 11) is 0. The highest BCUT2D eigenvalue weighted by Crippen LogP contribution is 2.25. The van der Waals surface area contributed by atoms with Crippen LogP contribution in [0.3, 0.4) is 0 Å². The van der Waals surface area contributed by atoms with Crippen molar-refractivity contribution in [3.05, 3.63) is 34.3 Å². The van der Waals surface area contributed by atoms with E-state index in [4.69, 9.17) is 10.5 Å². The number of nitrogens with two attached hydrogens (primary N) is 1. The highest BCUT2D eigenvalue weighted by molar-refractivity contribution is 9.10. The summed E-state index contributed by atoms with van der Waals surface area (Å²) < 4.78 is 6.99. The normalized spacial score (nSPS) is 12.6. The van der Waals surface area contributed by atoms with E-state index in [-0.39, 0.29) is 6.10 Å². The molecule has 0 aliphatic rings. The predicted molar refractivity (Wildman–Crippen MR) is 85.3 cm³/mol. The Balaban J connectivity index is 2.24. The first-order valence-corrected chi connectivity index (χ1v) is 8.15. The Morgan fingerprint density at radius 1 is 1.11 bits per heavy atom. The van der Waals surface area contributed by atoms with Crippen molar-refractivity contribution in [2.45, 2.75) is 51.6 Å². The first-order valence-electron chi connectivity index (χ1n) is 7.35. The van der Waals surface area contributed by atoms with E-state index in [1.165, 1.54) is 32.1 Å². The number of unbranched alkanes of at least 4 members (excludes halogenated alkanes) is 5. The Labute approximate surface area is 125 Å². The molecule has 2 nitrogen and oxygen atoms in total. The van der Waals surface area contributed by atoms with Crippen molar-refractivity contribution in [1.29, 1.82) is 0 Å². The zero-order valence-electron chi connectivity index (χ0n) is 11.9. The Hall–Kier alpha value is -0.380. The summed E-state index contributed by atoms with van der Waals surface area (Å²) in [5, 5.41) is 0. The van der Waals surface area contributed by atoms with E-state index in [1.807, 2.05) is 18.2 Å². The van der Waals surface area contributed by atoms with Crippen LogP contribution < -0.4 is 5.73 Å². The van der Waals surface area contributed by atoms with Gasteiger partial charge in [0.05, 0.1) is 6.10 Å². The number of ether oxygens (including phenoxy) is 1. The number of hydrogen-bond donors (Lipinski definition) is 1. The fourth-order valence-electron chi connectivity index (χ4n) is 2.13. The van der Waals surface area contributed by atoms with E-state index >= 15 is 0 Å². The fraction of sp³-hybridized carbons (Fsp3) is 0.625. The van der Waals surface area contributed by atoms with Gasteiger partial charge in [0.15, 0.2) is 0 Å². The molecular formula is C16H26BrNO. The van der Waals surface area contributed by atoms with E-state index < -0.39 is 0 Å². The molecular weight excluding hydrogens is 302 g/mol. The van der Waals surface area contributed by atoms with Crippen LogP contribution in [0.4, 0.5) is 0 Å².